The van der Waals surface area contributed by atoms with Gasteiger partial charge in [0.15, 0.2) is 0 Å². The molecule has 0 spiro atoms. The number of H-pyrrole nitrogens is 1. The molecule has 0 atom stereocenters. The number of fused-ring (bicyclic) bond motifs is 1. The van der Waals surface area contributed by atoms with Gasteiger partial charge in [-0.1, -0.05) is 0 Å². The zero-order valence-electron chi connectivity index (χ0n) is 6.38. The molecule has 3 nitrogen and oxygen atoms in total. The van der Waals surface area contributed by atoms with Crippen LogP contribution in [0.25, 0.3) is 10.9 Å². The fourth-order valence-corrected chi connectivity index (χ4v) is 1.23. The largest absolute Gasteiger partial charge is 0.361 e. The third kappa shape index (κ3) is 1.09. The number of hydrogen-bond donors (Lipinski definition) is 1. The second-order valence-corrected chi connectivity index (χ2v) is 2.49. The highest BCUT2D eigenvalue weighted by Gasteiger charge is 2.12. The molecule has 0 aliphatic carbocycles. The van der Waals surface area contributed by atoms with Crippen molar-refractivity contribution in [1.29, 1.82) is 0 Å². The number of hydrogen-bond acceptors (Lipinski definition) is 2. The highest BCUT2D eigenvalue weighted by Crippen LogP contribution is 2.35. The first-order chi connectivity index (χ1) is 6.36. The van der Waals surface area contributed by atoms with Crippen LogP contribution in [-0.2, 0) is 0 Å². The number of aromatic amines is 1. The summed E-state index contributed by atoms with van der Waals surface area (Å²) in [4.78, 5) is 9.78. The van der Waals surface area contributed by atoms with E-state index in [-0.39, 0.29) is 11.5 Å². The summed E-state index contributed by atoms with van der Waals surface area (Å²) in [6, 6.07) is 4.40. The Kier molecular flexibility index (Phi) is 1.77. The normalized spacial score (nSPS) is 10.3. The second-order valence-electron chi connectivity index (χ2n) is 2.49. The summed E-state index contributed by atoms with van der Waals surface area (Å²) in [5, 5.41) is 0.428. The summed E-state index contributed by atoms with van der Waals surface area (Å²) in [6.07, 6.45) is 1.59. The first-order valence-electron chi connectivity index (χ1n) is 3.54. The van der Waals surface area contributed by atoms with Gasteiger partial charge in [0.25, 0.3) is 0 Å². The molecule has 1 N–H and O–H groups in total. The minimum absolute atomic E-state index is 0.263. The van der Waals surface area contributed by atoms with Gasteiger partial charge < -0.3 is 4.98 Å². The Balaban J connectivity index is 2.74. The van der Waals surface area contributed by atoms with Gasteiger partial charge in [-0.15, -0.1) is 0 Å². The van der Waals surface area contributed by atoms with Crippen LogP contribution < -0.4 is 9.88 Å². The molecule has 0 aliphatic heterocycles. The molecule has 13 heavy (non-hydrogen) atoms. The van der Waals surface area contributed by atoms with Crippen LogP contribution in [-0.4, -0.2) is 4.98 Å². The van der Waals surface area contributed by atoms with Crippen molar-refractivity contribution in [3.05, 3.63) is 24.4 Å². The Morgan fingerprint density at radius 3 is 2.62 bits per heavy atom. The monoisotopic (exact) mass is 185 g/mol. The van der Waals surface area contributed by atoms with Crippen LogP contribution in [0.3, 0.4) is 0 Å². The molecule has 0 aliphatic rings. The van der Waals surface area contributed by atoms with E-state index in [1.165, 1.54) is 6.07 Å². The molecule has 2 aromatic rings. The summed E-state index contributed by atoms with van der Waals surface area (Å²) in [6.45, 7) is 0. The topological polar surface area (TPSA) is 34.2 Å². The predicted octanol–water partition coefficient (Wildman–Crippen LogP) is 2.69. The van der Waals surface area contributed by atoms with Gasteiger partial charge >= 0.3 is 0 Å². The van der Waals surface area contributed by atoms with Crippen LogP contribution >= 0.6 is 0 Å². The Morgan fingerprint density at radius 2 is 1.92 bits per heavy atom. The van der Waals surface area contributed by atoms with Gasteiger partial charge in [-0.2, -0.15) is 0 Å². The number of nitrogens with one attached hydrogen (secondary N) is 1. The molecule has 0 amide bonds. The highest BCUT2D eigenvalue weighted by molar-refractivity contribution is 5.88. The van der Waals surface area contributed by atoms with Gasteiger partial charge in [0.05, 0.1) is 5.39 Å². The van der Waals surface area contributed by atoms with E-state index in [0.717, 1.165) is 0 Å². The van der Waals surface area contributed by atoms with Crippen molar-refractivity contribution in [2.45, 2.75) is 0 Å². The molecule has 0 saturated heterocycles. The van der Waals surface area contributed by atoms with Crippen molar-refractivity contribution in [3.63, 3.8) is 0 Å². The van der Waals surface area contributed by atoms with Crippen LogP contribution in [0, 0.1) is 0 Å². The molecule has 1 heterocycles. The van der Waals surface area contributed by atoms with Crippen molar-refractivity contribution >= 4 is 10.9 Å². The highest BCUT2D eigenvalue weighted by atomic mass is 19.3. The van der Waals surface area contributed by atoms with Crippen molar-refractivity contribution in [1.82, 2.24) is 4.98 Å². The van der Waals surface area contributed by atoms with Crippen molar-refractivity contribution < 1.29 is 18.9 Å². The molecular weight excluding hydrogens is 180 g/mol. The smallest absolute Gasteiger partial charge is 0.227 e. The number of halogens is 2. The van der Waals surface area contributed by atoms with Gasteiger partial charge in [-0.3, -0.25) is 9.88 Å². The molecule has 0 fully saturated rings. The van der Waals surface area contributed by atoms with E-state index in [4.69, 9.17) is 0 Å². The van der Waals surface area contributed by atoms with Crippen LogP contribution in [0.1, 0.15) is 0 Å². The average molecular weight is 185 g/mol. The first kappa shape index (κ1) is 7.85. The second kappa shape index (κ2) is 2.93. The summed E-state index contributed by atoms with van der Waals surface area (Å²) in [5.74, 6) is -0.546. The van der Waals surface area contributed by atoms with Crippen LogP contribution in [0.2, 0.25) is 0 Å². The van der Waals surface area contributed by atoms with E-state index < -0.39 is 0 Å². The Hall–Kier alpha value is -1.78. The molecule has 1 aromatic heterocycles. The molecule has 5 heteroatoms. The number of rotatable bonds is 2. The molecule has 0 saturated carbocycles. The van der Waals surface area contributed by atoms with Gasteiger partial charge in [0.1, 0.15) is 0 Å². The maximum atomic E-state index is 12.0. The maximum absolute atomic E-state index is 12.0. The lowest BCUT2D eigenvalue weighted by Crippen LogP contribution is -1.84. The summed E-state index contributed by atoms with van der Waals surface area (Å²) < 4.78 is 23.9. The van der Waals surface area contributed by atoms with Crippen molar-refractivity contribution in [2.75, 3.05) is 0 Å². The minimum atomic E-state index is -0.283. The van der Waals surface area contributed by atoms with Gasteiger partial charge in [0.2, 0.25) is 11.5 Å². The number of benzene rings is 1. The standard InChI is InChI=1S/C8H5F2NO2/c9-12-7-2-1-6-5(3-4-11-6)8(7)13-10/h1-4,11H. The van der Waals surface area contributed by atoms with Crippen molar-refractivity contribution in [3.8, 4) is 11.5 Å². The van der Waals surface area contributed by atoms with E-state index in [1.54, 1.807) is 18.3 Å². The van der Waals surface area contributed by atoms with Gasteiger partial charge in [0, 0.05) is 20.8 Å². The molecule has 68 valence electrons. The van der Waals surface area contributed by atoms with Gasteiger partial charge in [-0.25, -0.2) is 0 Å². The SMILES string of the molecule is FOc1ccc2[nH]ccc2c1OF. The fraction of sp³-hybridized carbons (Fsp3) is 0. The molecule has 0 unspecified atom stereocenters. The Morgan fingerprint density at radius 1 is 1.08 bits per heavy atom. The predicted molar refractivity (Wildman–Crippen MR) is 41.8 cm³/mol. The quantitative estimate of drug-likeness (QED) is 0.780. The fourth-order valence-electron chi connectivity index (χ4n) is 1.23. The maximum Gasteiger partial charge on any atom is 0.227 e. The minimum Gasteiger partial charge on any atom is -0.361 e. The van der Waals surface area contributed by atoms with Gasteiger partial charge in [-0.05, 0) is 18.2 Å². The van der Waals surface area contributed by atoms with Crippen LogP contribution in [0.4, 0.5) is 9.05 Å². The van der Waals surface area contributed by atoms with Crippen LogP contribution in [0.5, 0.6) is 11.5 Å². The summed E-state index contributed by atoms with van der Waals surface area (Å²) in [7, 11) is 0. The Labute approximate surface area is 71.7 Å². The molecular formula is C8H5F2NO2. The third-order valence-electron chi connectivity index (χ3n) is 1.81. The molecule has 2 rings (SSSR count). The lowest BCUT2D eigenvalue weighted by atomic mass is 10.2. The van der Waals surface area contributed by atoms with E-state index in [2.05, 4.69) is 14.9 Å². The van der Waals surface area contributed by atoms with E-state index >= 15 is 0 Å². The van der Waals surface area contributed by atoms with Crippen LogP contribution in [0.15, 0.2) is 24.4 Å². The molecule has 0 bridgehead atoms. The van der Waals surface area contributed by atoms with Crippen molar-refractivity contribution in [2.24, 2.45) is 0 Å². The van der Waals surface area contributed by atoms with E-state index in [0.29, 0.717) is 10.9 Å². The summed E-state index contributed by atoms with van der Waals surface area (Å²) >= 11 is 0. The van der Waals surface area contributed by atoms with E-state index in [1.807, 2.05) is 0 Å². The van der Waals surface area contributed by atoms with E-state index in [9.17, 15) is 9.05 Å². The lowest BCUT2D eigenvalue weighted by Gasteiger charge is -2.00. The summed E-state index contributed by atoms with van der Waals surface area (Å²) in [5.41, 5.74) is 0.647. The lowest BCUT2D eigenvalue weighted by molar-refractivity contribution is -0.0373. The first-order valence-corrected chi connectivity index (χ1v) is 3.54. The third-order valence-corrected chi connectivity index (χ3v) is 1.81. The molecule has 0 radical (unpaired) electrons. The molecule has 1 aromatic carbocycles. The average Bonchev–Trinajstić information content (AvgIpc) is 2.63. The Bertz CT molecular complexity index is 427. The zero-order chi connectivity index (χ0) is 9.26. The number of aromatic nitrogens is 1. The zero-order valence-corrected chi connectivity index (χ0v) is 6.38.